The average molecular weight is 187 g/mol. The average Bonchev–Trinajstić information content (AvgIpc) is 2.55. The summed E-state index contributed by atoms with van der Waals surface area (Å²) in [5, 5.41) is 0.0850. The van der Waals surface area contributed by atoms with E-state index in [1.54, 1.807) is 0 Å². The second-order valence-corrected chi connectivity index (χ2v) is 4.16. The molecule has 1 amide bonds. The van der Waals surface area contributed by atoms with Gasteiger partial charge in [0.1, 0.15) is 0 Å². The molecule has 0 bridgehead atoms. The monoisotopic (exact) mass is 187 g/mol. The molecule has 12 heavy (non-hydrogen) atoms. The highest BCUT2D eigenvalue weighted by atomic mass is 32.1. The van der Waals surface area contributed by atoms with E-state index in [-0.39, 0.29) is 22.4 Å². The van der Waals surface area contributed by atoms with Crippen molar-refractivity contribution in [1.29, 1.82) is 0 Å². The van der Waals surface area contributed by atoms with Gasteiger partial charge in [0.05, 0.1) is 0 Å². The molecule has 0 aromatic carbocycles. The molecule has 68 valence electrons. The molecule has 0 heterocycles. The lowest BCUT2D eigenvalue weighted by atomic mass is 10.1. The van der Waals surface area contributed by atoms with Gasteiger partial charge >= 0.3 is 0 Å². The van der Waals surface area contributed by atoms with Crippen molar-refractivity contribution in [3.05, 3.63) is 0 Å². The normalized spacial score (nSPS) is 24.3. The summed E-state index contributed by atoms with van der Waals surface area (Å²) in [7, 11) is 0. The Hall–Kier alpha value is -0.840. The lowest BCUT2D eigenvalue weighted by Crippen LogP contribution is -2.45. The van der Waals surface area contributed by atoms with Crippen LogP contribution in [0, 0.1) is 11.3 Å². The zero-order valence-corrected chi connectivity index (χ0v) is 7.99. The molecule has 1 saturated carbocycles. The van der Waals surface area contributed by atoms with Gasteiger partial charge in [0.2, 0.25) is 5.91 Å². The van der Waals surface area contributed by atoms with Gasteiger partial charge in [-0.25, -0.2) is 0 Å². The van der Waals surface area contributed by atoms with Crippen LogP contribution in [-0.4, -0.2) is 11.0 Å². The van der Waals surface area contributed by atoms with Crippen molar-refractivity contribution < 1.29 is 4.79 Å². The summed E-state index contributed by atoms with van der Waals surface area (Å²) >= 11 is 4.53. The standard InChI is InChI=1S/C7H13N3OS/c1-7(2)3-4(7)5(11)9-10-6(8)12/h4H,3H2,1-2H3,(H,9,11)(H3,8,10,12). The van der Waals surface area contributed by atoms with Gasteiger partial charge in [0.15, 0.2) is 5.11 Å². The molecule has 1 unspecified atom stereocenters. The number of nitrogens with one attached hydrogen (secondary N) is 2. The maximum atomic E-state index is 11.2. The number of hydrogen-bond donors (Lipinski definition) is 3. The molecule has 0 saturated heterocycles. The first-order chi connectivity index (χ1) is 5.43. The van der Waals surface area contributed by atoms with E-state index >= 15 is 0 Å². The molecule has 1 fully saturated rings. The van der Waals surface area contributed by atoms with Crippen molar-refractivity contribution in [1.82, 2.24) is 10.9 Å². The Morgan fingerprint density at radius 3 is 2.42 bits per heavy atom. The van der Waals surface area contributed by atoms with Crippen molar-refractivity contribution in [2.75, 3.05) is 0 Å². The minimum atomic E-state index is -0.0344. The second-order valence-electron chi connectivity index (χ2n) is 3.72. The van der Waals surface area contributed by atoms with Crippen LogP contribution in [0.2, 0.25) is 0 Å². The Balaban J connectivity index is 2.27. The van der Waals surface area contributed by atoms with Crippen LogP contribution in [0.1, 0.15) is 20.3 Å². The van der Waals surface area contributed by atoms with Crippen LogP contribution in [-0.2, 0) is 4.79 Å². The van der Waals surface area contributed by atoms with Gasteiger partial charge in [-0.05, 0) is 24.1 Å². The summed E-state index contributed by atoms with van der Waals surface area (Å²) in [5.74, 6) is 0.0622. The maximum absolute atomic E-state index is 11.2. The molecule has 4 nitrogen and oxygen atoms in total. The molecule has 0 aliphatic heterocycles. The molecular formula is C7H13N3OS. The summed E-state index contributed by atoms with van der Waals surface area (Å²) in [6.45, 7) is 4.11. The molecule has 0 aromatic rings. The van der Waals surface area contributed by atoms with E-state index in [9.17, 15) is 4.79 Å². The summed E-state index contributed by atoms with van der Waals surface area (Å²) in [4.78, 5) is 11.2. The van der Waals surface area contributed by atoms with Crippen LogP contribution in [0.25, 0.3) is 0 Å². The molecule has 0 aromatic heterocycles. The lowest BCUT2D eigenvalue weighted by molar-refractivity contribution is -0.123. The van der Waals surface area contributed by atoms with Crippen LogP contribution in [0.3, 0.4) is 0 Å². The highest BCUT2D eigenvalue weighted by Gasteiger charge is 2.50. The van der Waals surface area contributed by atoms with E-state index in [1.807, 2.05) is 0 Å². The molecule has 1 rings (SSSR count). The molecule has 1 atom stereocenters. The third-order valence-corrected chi connectivity index (χ3v) is 2.24. The first-order valence-corrected chi connectivity index (χ1v) is 4.19. The largest absolute Gasteiger partial charge is 0.375 e. The van der Waals surface area contributed by atoms with Crippen LogP contribution in [0.4, 0.5) is 0 Å². The van der Waals surface area contributed by atoms with Gasteiger partial charge in [-0.15, -0.1) is 0 Å². The van der Waals surface area contributed by atoms with Crippen LogP contribution < -0.4 is 16.6 Å². The highest BCUT2D eigenvalue weighted by Crippen LogP contribution is 2.51. The summed E-state index contributed by atoms with van der Waals surface area (Å²) in [6.07, 6.45) is 0.928. The fourth-order valence-corrected chi connectivity index (χ4v) is 1.18. The number of nitrogens with two attached hydrogens (primary N) is 1. The smallest absolute Gasteiger partial charge is 0.242 e. The van der Waals surface area contributed by atoms with E-state index in [0.717, 1.165) is 6.42 Å². The van der Waals surface area contributed by atoms with Crippen molar-refractivity contribution in [2.24, 2.45) is 17.1 Å². The minimum Gasteiger partial charge on any atom is -0.375 e. The third-order valence-electron chi connectivity index (χ3n) is 2.14. The maximum Gasteiger partial charge on any atom is 0.242 e. The fraction of sp³-hybridized carbons (Fsp3) is 0.714. The van der Waals surface area contributed by atoms with Gasteiger partial charge in [-0.1, -0.05) is 13.8 Å². The lowest BCUT2D eigenvalue weighted by Gasteiger charge is -2.06. The Labute approximate surface area is 76.9 Å². The number of amides is 1. The van der Waals surface area contributed by atoms with Gasteiger partial charge in [0.25, 0.3) is 0 Å². The van der Waals surface area contributed by atoms with Crippen LogP contribution in [0.15, 0.2) is 0 Å². The number of rotatable bonds is 1. The highest BCUT2D eigenvalue weighted by molar-refractivity contribution is 7.80. The SMILES string of the molecule is CC1(C)CC1C(=O)NNC(N)=S. The van der Waals surface area contributed by atoms with Crippen molar-refractivity contribution in [3.63, 3.8) is 0 Å². The second kappa shape index (κ2) is 2.90. The first kappa shape index (κ1) is 9.25. The Bertz CT molecular complexity index is 227. The minimum absolute atomic E-state index is 0.0344. The van der Waals surface area contributed by atoms with Crippen molar-refractivity contribution in [3.8, 4) is 0 Å². The quantitative estimate of drug-likeness (QED) is 0.396. The van der Waals surface area contributed by atoms with E-state index in [1.165, 1.54) is 0 Å². The van der Waals surface area contributed by atoms with E-state index in [2.05, 4.69) is 36.9 Å². The molecule has 4 N–H and O–H groups in total. The third kappa shape index (κ3) is 2.07. The Morgan fingerprint density at radius 1 is 1.58 bits per heavy atom. The molecule has 1 aliphatic carbocycles. The van der Waals surface area contributed by atoms with Crippen LogP contribution in [0.5, 0.6) is 0 Å². The van der Waals surface area contributed by atoms with Gasteiger partial charge < -0.3 is 5.73 Å². The summed E-state index contributed by atoms with van der Waals surface area (Å²) < 4.78 is 0. The van der Waals surface area contributed by atoms with E-state index in [4.69, 9.17) is 5.73 Å². The Kier molecular flexibility index (Phi) is 2.23. The zero-order valence-electron chi connectivity index (χ0n) is 7.18. The predicted molar refractivity (Wildman–Crippen MR) is 50.0 cm³/mol. The van der Waals surface area contributed by atoms with E-state index < -0.39 is 0 Å². The summed E-state index contributed by atoms with van der Waals surface area (Å²) in [5.41, 5.74) is 10.1. The van der Waals surface area contributed by atoms with Gasteiger partial charge in [-0.3, -0.25) is 15.6 Å². The molecule has 0 radical (unpaired) electrons. The topological polar surface area (TPSA) is 67.2 Å². The van der Waals surface area contributed by atoms with Crippen molar-refractivity contribution in [2.45, 2.75) is 20.3 Å². The Morgan fingerprint density at radius 2 is 2.08 bits per heavy atom. The molecule has 0 spiro atoms. The zero-order chi connectivity index (χ0) is 9.35. The number of carbonyl (C=O) groups is 1. The van der Waals surface area contributed by atoms with Crippen LogP contribution >= 0.6 is 12.2 Å². The fourth-order valence-electron chi connectivity index (χ4n) is 1.13. The van der Waals surface area contributed by atoms with E-state index in [0.29, 0.717) is 0 Å². The van der Waals surface area contributed by atoms with Gasteiger partial charge in [-0.2, -0.15) is 0 Å². The predicted octanol–water partition coefficient (Wildman–Crippen LogP) is -0.103. The molecule has 5 heteroatoms. The molecular weight excluding hydrogens is 174 g/mol. The summed E-state index contributed by atoms with van der Waals surface area (Å²) in [6, 6.07) is 0. The number of hydrogen-bond acceptors (Lipinski definition) is 2. The molecule has 1 aliphatic rings. The van der Waals surface area contributed by atoms with Crippen molar-refractivity contribution >= 4 is 23.2 Å². The number of carbonyl (C=O) groups excluding carboxylic acids is 1. The first-order valence-electron chi connectivity index (χ1n) is 3.79. The number of hydrazine groups is 1. The van der Waals surface area contributed by atoms with Gasteiger partial charge in [0, 0.05) is 5.92 Å². The number of thiocarbonyl (C=S) groups is 1.